The lowest BCUT2D eigenvalue weighted by Gasteiger charge is -2.16. The van der Waals surface area contributed by atoms with E-state index >= 15 is 0 Å². The molecular weight excluding hydrogens is 317 g/mol. The molecule has 4 rings (SSSR count). The van der Waals surface area contributed by atoms with Crippen molar-refractivity contribution in [3.8, 4) is 0 Å². The van der Waals surface area contributed by atoms with Crippen molar-refractivity contribution in [3.05, 3.63) is 95.8 Å². The van der Waals surface area contributed by atoms with Crippen molar-refractivity contribution in [3.63, 3.8) is 0 Å². The Labute approximate surface area is 145 Å². The average Bonchev–Trinajstić information content (AvgIpc) is 2.83. The molecular formula is C21H16FNS. The summed E-state index contributed by atoms with van der Waals surface area (Å²) >= 11 is 1.80. The van der Waals surface area contributed by atoms with Gasteiger partial charge in [0.2, 0.25) is 0 Å². The molecule has 0 aromatic heterocycles. The number of aliphatic imine (C=N–C) groups is 1. The van der Waals surface area contributed by atoms with E-state index < -0.39 is 0 Å². The van der Waals surface area contributed by atoms with Gasteiger partial charge in [0.15, 0.2) is 0 Å². The number of para-hydroxylation sites is 1. The number of hydrogen-bond acceptors (Lipinski definition) is 2. The average molecular weight is 333 g/mol. The van der Waals surface area contributed by atoms with Crippen LogP contribution in [0.15, 0.2) is 88.8 Å². The van der Waals surface area contributed by atoms with Crippen molar-refractivity contribution in [1.82, 2.24) is 0 Å². The van der Waals surface area contributed by atoms with Crippen LogP contribution in [0.1, 0.15) is 22.8 Å². The zero-order valence-corrected chi connectivity index (χ0v) is 13.8. The van der Waals surface area contributed by atoms with Gasteiger partial charge in [0, 0.05) is 22.3 Å². The minimum Gasteiger partial charge on any atom is -0.252 e. The molecule has 118 valence electrons. The lowest BCUT2D eigenvalue weighted by atomic mass is 10.0. The molecule has 3 aromatic rings. The highest BCUT2D eigenvalue weighted by molar-refractivity contribution is 7.99. The molecule has 0 bridgehead atoms. The van der Waals surface area contributed by atoms with Crippen molar-refractivity contribution in [2.24, 2.45) is 4.99 Å². The molecule has 3 heteroatoms. The van der Waals surface area contributed by atoms with E-state index in [9.17, 15) is 4.39 Å². The van der Waals surface area contributed by atoms with Crippen LogP contribution >= 0.6 is 11.8 Å². The van der Waals surface area contributed by atoms with Gasteiger partial charge in [-0.1, -0.05) is 54.6 Å². The van der Waals surface area contributed by atoms with Crippen molar-refractivity contribution >= 4 is 23.2 Å². The van der Waals surface area contributed by atoms with Crippen molar-refractivity contribution in [2.75, 3.05) is 0 Å². The molecule has 0 N–H and O–H groups in total. The second kappa shape index (κ2) is 6.62. The Balaban J connectivity index is 1.79. The van der Waals surface area contributed by atoms with Crippen molar-refractivity contribution < 1.29 is 4.39 Å². The third-order valence-electron chi connectivity index (χ3n) is 4.12. The highest BCUT2D eigenvalue weighted by Gasteiger charge is 2.22. The summed E-state index contributed by atoms with van der Waals surface area (Å²) in [4.78, 5) is 6.09. The molecule has 1 aliphatic rings. The molecule has 0 aliphatic carbocycles. The minimum absolute atomic E-state index is 0.199. The maximum Gasteiger partial charge on any atom is 0.123 e. The highest BCUT2D eigenvalue weighted by Crippen LogP contribution is 2.45. The van der Waals surface area contributed by atoms with Gasteiger partial charge in [-0.25, -0.2) is 4.39 Å². The van der Waals surface area contributed by atoms with Gasteiger partial charge in [0.05, 0.1) is 5.69 Å². The molecule has 3 aromatic carbocycles. The maximum atomic E-state index is 13.3. The van der Waals surface area contributed by atoms with Crippen molar-refractivity contribution in [1.29, 1.82) is 0 Å². The van der Waals surface area contributed by atoms with Crippen LogP contribution in [0.5, 0.6) is 0 Å². The van der Waals surface area contributed by atoms with E-state index in [1.165, 1.54) is 12.1 Å². The van der Waals surface area contributed by atoms with Crippen LogP contribution in [0.25, 0.3) is 0 Å². The molecule has 1 aliphatic heterocycles. The minimum atomic E-state index is -0.199. The Morgan fingerprint density at radius 3 is 2.33 bits per heavy atom. The summed E-state index contributed by atoms with van der Waals surface area (Å²) < 4.78 is 13.3. The first-order valence-electron chi connectivity index (χ1n) is 7.94. The Morgan fingerprint density at radius 1 is 0.833 bits per heavy atom. The fourth-order valence-electron chi connectivity index (χ4n) is 2.89. The van der Waals surface area contributed by atoms with Gasteiger partial charge in [-0.3, -0.25) is 4.99 Å². The molecule has 1 atom stereocenters. The Kier molecular flexibility index (Phi) is 4.18. The first-order chi connectivity index (χ1) is 11.8. The third-order valence-corrected chi connectivity index (χ3v) is 5.44. The second-order valence-corrected chi connectivity index (χ2v) is 7.00. The molecule has 0 saturated heterocycles. The van der Waals surface area contributed by atoms with Gasteiger partial charge in [-0.2, -0.15) is 0 Å². The number of rotatable bonds is 2. The molecule has 1 nitrogen and oxygen atoms in total. The zero-order chi connectivity index (χ0) is 16.4. The molecule has 0 amide bonds. The number of hydrogen-bond donors (Lipinski definition) is 0. The summed E-state index contributed by atoms with van der Waals surface area (Å²) in [6.45, 7) is 0. The quantitative estimate of drug-likeness (QED) is 0.545. The van der Waals surface area contributed by atoms with Gasteiger partial charge in [0.25, 0.3) is 0 Å². The second-order valence-electron chi connectivity index (χ2n) is 5.75. The standard InChI is InChI=1S/C21H16FNS/c22-17-12-10-16(11-13-17)21-14-19(15-6-2-1-3-7-15)23-18-8-4-5-9-20(18)24-21/h1-13,21H,14H2. The lowest BCUT2D eigenvalue weighted by Crippen LogP contribution is -2.05. The maximum absolute atomic E-state index is 13.3. The molecule has 0 radical (unpaired) electrons. The SMILES string of the molecule is Fc1ccc(C2CC(c3ccccc3)=Nc3ccccc3S2)cc1. The topological polar surface area (TPSA) is 12.4 Å². The van der Waals surface area contributed by atoms with Gasteiger partial charge in [-0.15, -0.1) is 11.8 Å². The van der Waals surface area contributed by atoms with E-state index in [1.807, 2.05) is 42.5 Å². The first kappa shape index (κ1) is 15.2. The van der Waals surface area contributed by atoms with Gasteiger partial charge in [0.1, 0.15) is 5.82 Å². The van der Waals surface area contributed by atoms with E-state index in [0.717, 1.165) is 33.8 Å². The summed E-state index contributed by atoms with van der Waals surface area (Å²) in [5.74, 6) is -0.199. The Morgan fingerprint density at radius 2 is 1.54 bits per heavy atom. The lowest BCUT2D eigenvalue weighted by molar-refractivity contribution is 0.627. The van der Waals surface area contributed by atoms with Crippen molar-refractivity contribution in [2.45, 2.75) is 16.6 Å². The molecule has 0 fully saturated rings. The number of fused-ring (bicyclic) bond motifs is 1. The summed E-state index contributed by atoms with van der Waals surface area (Å²) in [6, 6.07) is 25.3. The smallest absolute Gasteiger partial charge is 0.123 e. The molecule has 1 unspecified atom stereocenters. The molecule has 1 heterocycles. The predicted molar refractivity (Wildman–Crippen MR) is 98.7 cm³/mol. The monoisotopic (exact) mass is 333 g/mol. The largest absolute Gasteiger partial charge is 0.252 e. The highest BCUT2D eigenvalue weighted by atomic mass is 32.2. The van der Waals surface area contributed by atoms with Crippen LogP contribution in [0.3, 0.4) is 0 Å². The van der Waals surface area contributed by atoms with E-state index in [-0.39, 0.29) is 11.1 Å². The fourth-order valence-corrected chi connectivity index (χ4v) is 4.12. The molecule has 0 spiro atoms. The Hall–Kier alpha value is -2.39. The fraction of sp³-hybridized carbons (Fsp3) is 0.0952. The van der Waals surface area contributed by atoms with Crippen LogP contribution in [-0.2, 0) is 0 Å². The number of benzene rings is 3. The van der Waals surface area contributed by atoms with Gasteiger partial charge >= 0.3 is 0 Å². The Bertz CT molecular complexity index is 872. The summed E-state index contributed by atoms with van der Waals surface area (Å²) in [5, 5.41) is 0.216. The predicted octanol–water partition coefficient (Wildman–Crippen LogP) is 6.18. The van der Waals surface area contributed by atoms with Crippen LogP contribution in [-0.4, -0.2) is 5.71 Å². The van der Waals surface area contributed by atoms with E-state index in [4.69, 9.17) is 4.99 Å². The van der Waals surface area contributed by atoms with Crippen LogP contribution in [0.2, 0.25) is 0 Å². The molecule has 24 heavy (non-hydrogen) atoms. The van der Waals surface area contributed by atoms with Crippen LogP contribution < -0.4 is 0 Å². The molecule has 0 saturated carbocycles. The summed E-state index contributed by atoms with van der Waals surface area (Å²) in [5.41, 5.74) is 4.34. The van der Waals surface area contributed by atoms with E-state index in [1.54, 1.807) is 11.8 Å². The number of thioether (sulfide) groups is 1. The zero-order valence-electron chi connectivity index (χ0n) is 13.0. The third kappa shape index (κ3) is 3.13. The van der Waals surface area contributed by atoms with Gasteiger partial charge in [-0.05, 0) is 35.4 Å². The number of halogens is 1. The van der Waals surface area contributed by atoms with Crippen LogP contribution in [0, 0.1) is 5.82 Å². The van der Waals surface area contributed by atoms with E-state index in [2.05, 4.69) is 24.3 Å². The van der Waals surface area contributed by atoms with Gasteiger partial charge < -0.3 is 0 Å². The summed E-state index contributed by atoms with van der Waals surface area (Å²) in [6.07, 6.45) is 0.814. The van der Waals surface area contributed by atoms with Crippen LogP contribution in [0.4, 0.5) is 10.1 Å². The van der Waals surface area contributed by atoms with E-state index in [0.29, 0.717) is 0 Å². The number of nitrogens with zero attached hydrogens (tertiary/aromatic N) is 1. The normalized spacial score (nSPS) is 16.9. The summed E-state index contributed by atoms with van der Waals surface area (Å²) in [7, 11) is 0. The first-order valence-corrected chi connectivity index (χ1v) is 8.82.